The van der Waals surface area contributed by atoms with E-state index in [4.69, 9.17) is 11.6 Å². The third-order valence-electron chi connectivity index (χ3n) is 4.63. The fourth-order valence-corrected chi connectivity index (χ4v) is 3.44. The van der Waals surface area contributed by atoms with Crippen LogP contribution in [0.15, 0.2) is 55.0 Å². The van der Waals surface area contributed by atoms with Gasteiger partial charge in [-0.05, 0) is 30.3 Å². The Bertz CT molecular complexity index is 1010. The van der Waals surface area contributed by atoms with E-state index in [0.717, 1.165) is 5.82 Å². The van der Waals surface area contributed by atoms with Crippen molar-refractivity contribution in [1.82, 2.24) is 15.0 Å². The average Bonchev–Trinajstić information content (AvgIpc) is 2.74. The number of nitrogens with zero attached hydrogens (tertiary/aromatic N) is 6. The summed E-state index contributed by atoms with van der Waals surface area (Å²) in [6.07, 6.45) is 3.09. The minimum Gasteiger partial charge on any atom is -0.353 e. The molecule has 1 saturated heterocycles. The van der Waals surface area contributed by atoms with Gasteiger partial charge in [0.1, 0.15) is 12.1 Å². The molecule has 3 aromatic rings. The number of benzene rings is 1. The van der Waals surface area contributed by atoms with Gasteiger partial charge in [-0.25, -0.2) is 15.0 Å². The Hall–Kier alpha value is -3.46. The van der Waals surface area contributed by atoms with Crippen molar-refractivity contribution in [2.45, 2.75) is 0 Å². The molecule has 1 N–H and O–H groups in total. The van der Waals surface area contributed by atoms with Gasteiger partial charge in [-0.3, -0.25) is 10.1 Å². The Kier molecular flexibility index (Phi) is 5.39. The molecule has 148 valence electrons. The average molecular weight is 412 g/mol. The van der Waals surface area contributed by atoms with E-state index in [1.165, 1.54) is 6.33 Å². The van der Waals surface area contributed by atoms with Crippen LogP contribution >= 0.6 is 11.6 Å². The Labute approximate surface area is 172 Å². The number of rotatable bonds is 5. The van der Waals surface area contributed by atoms with Crippen LogP contribution in [0.5, 0.6) is 0 Å². The van der Waals surface area contributed by atoms with E-state index in [9.17, 15) is 10.1 Å². The van der Waals surface area contributed by atoms with Crippen LogP contribution in [-0.4, -0.2) is 46.1 Å². The van der Waals surface area contributed by atoms with Gasteiger partial charge >= 0.3 is 5.69 Å². The molecule has 29 heavy (non-hydrogen) atoms. The van der Waals surface area contributed by atoms with Crippen LogP contribution in [0.3, 0.4) is 0 Å². The molecule has 0 spiro atoms. The molecule has 4 rings (SSSR count). The van der Waals surface area contributed by atoms with Gasteiger partial charge in [0.2, 0.25) is 11.6 Å². The van der Waals surface area contributed by atoms with Crippen molar-refractivity contribution in [2.75, 3.05) is 41.3 Å². The molecule has 0 aliphatic carbocycles. The van der Waals surface area contributed by atoms with Crippen LogP contribution in [0.1, 0.15) is 0 Å². The van der Waals surface area contributed by atoms with Gasteiger partial charge in [-0.1, -0.05) is 23.7 Å². The number of halogens is 1. The summed E-state index contributed by atoms with van der Waals surface area (Å²) in [5, 5.41) is 15.4. The number of aromatic nitrogens is 3. The highest BCUT2D eigenvalue weighted by Gasteiger charge is 2.29. The highest BCUT2D eigenvalue weighted by atomic mass is 35.5. The van der Waals surface area contributed by atoms with Crippen molar-refractivity contribution >= 4 is 40.4 Å². The number of hydrogen-bond donors (Lipinski definition) is 1. The zero-order valence-corrected chi connectivity index (χ0v) is 16.2. The minimum absolute atomic E-state index is 0.134. The normalized spacial score (nSPS) is 14.0. The second-order valence-corrected chi connectivity index (χ2v) is 6.89. The van der Waals surface area contributed by atoms with Crippen molar-refractivity contribution in [1.29, 1.82) is 0 Å². The Morgan fingerprint density at radius 3 is 2.48 bits per heavy atom. The number of hydrogen-bond acceptors (Lipinski definition) is 8. The third kappa shape index (κ3) is 4.19. The Morgan fingerprint density at radius 2 is 1.79 bits per heavy atom. The molecular weight excluding hydrogens is 394 g/mol. The second-order valence-electron chi connectivity index (χ2n) is 6.45. The van der Waals surface area contributed by atoms with Crippen LogP contribution in [0, 0.1) is 10.1 Å². The minimum atomic E-state index is -0.451. The van der Waals surface area contributed by atoms with Crippen LogP contribution < -0.4 is 15.1 Å². The molecule has 0 bridgehead atoms. The van der Waals surface area contributed by atoms with E-state index in [1.54, 1.807) is 30.5 Å². The number of nitro groups is 1. The summed E-state index contributed by atoms with van der Waals surface area (Å²) in [5.74, 6) is 1.33. The maximum atomic E-state index is 11.8. The van der Waals surface area contributed by atoms with Crippen molar-refractivity contribution in [2.24, 2.45) is 0 Å². The zero-order valence-electron chi connectivity index (χ0n) is 15.4. The first-order valence-corrected chi connectivity index (χ1v) is 9.42. The predicted octanol–water partition coefficient (Wildman–Crippen LogP) is 3.50. The lowest BCUT2D eigenvalue weighted by atomic mass is 10.2. The summed E-state index contributed by atoms with van der Waals surface area (Å²) in [4.78, 5) is 28.1. The molecule has 0 amide bonds. The Morgan fingerprint density at radius 1 is 1.00 bits per heavy atom. The monoisotopic (exact) mass is 411 g/mol. The maximum Gasteiger partial charge on any atom is 0.353 e. The first-order chi connectivity index (χ1) is 14.1. The zero-order chi connectivity index (χ0) is 20.2. The Balaban J connectivity index is 1.57. The summed E-state index contributed by atoms with van der Waals surface area (Å²) >= 11 is 6.01. The van der Waals surface area contributed by atoms with Gasteiger partial charge in [0.15, 0.2) is 0 Å². The molecule has 9 nitrogen and oxygen atoms in total. The third-order valence-corrected chi connectivity index (χ3v) is 4.86. The molecule has 0 atom stereocenters. The van der Waals surface area contributed by atoms with Gasteiger partial charge < -0.3 is 15.1 Å². The van der Waals surface area contributed by atoms with Crippen molar-refractivity contribution in [3.05, 3.63) is 70.1 Å². The molecular formula is C19H18ClN7O2. The standard InChI is InChI=1S/C19H18ClN7O2/c20-14-4-3-5-15(12-14)24-18-17(27(28)29)19(23-13-22-18)26-10-8-25(9-11-26)16-6-1-2-7-21-16/h1-7,12-13H,8-11H2,(H,22,23,24). The molecule has 0 unspecified atom stereocenters. The fourth-order valence-electron chi connectivity index (χ4n) is 3.25. The summed E-state index contributed by atoms with van der Waals surface area (Å²) < 4.78 is 0. The quantitative estimate of drug-likeness (QED) is 0.503. The van der Waals surface area contributed by atoms with Crippen LogP contribution in [-0.2, 0) is 0 Å². The topological polar surface area (TPSA) is 100 Å². The lowest BCUT2D eigenvalue weighted by molar-refractivity contribution is -0.383. The van der Waals surface area contributed by atoms with Gasteiger partial charge in [0, 0.05) is 43.1 Å². The van der Waals surface area contributed by atoms with E-state index in [1.807, 2.05) is 23.1 Å². The highest BCUT2D eigenvalue weighted by Crippen LogP contribution is 2.34. The lowest BCUT2D eigenvalue weighted by Gasteiger charge is -2.35. The van der Waals surface area contributed by atoms with E-state index in [-0.39, 0.29) is 11.5 Å². The second kappa shape index (κ2) is 8.27. The smallest absolute Gasteiger partial charge is 0.353 e. The van der Waals surface area contributed by atoms with Crippen LogP contribution in [0.25, 0.3) is 0 Å². The molecule has 0 saturated carbocycles. The summed E-state index contributed by atoms with van der Waals surface area (Å²) in [6.45, 7) is 2.56. The molecule has 1 fully saturated rings. The molecule has 1 aliphatic heterocycles. The number of nitrogens with one attached hydrogen (secondary N) is 1. The number of pyridine rings is 1. The highest BCUT2D eigenvalue weighted by molar-refractivity contribution is 6.30. The molecule has 0 radical (unpaired) electrons. The molecule has 1 aromatic carbocycles. The van der Waals surface area contributed by atoms with E-state index in [2.05, 4.69) is 25.2 Å². The first kappa shape index (κ1) is 18.9. The molecule has 3 heterocycles. The summed E-state index contributed by atoms with van der Waals surface area (Å²) in [5.41, 5.74) is 0.462. The first-order valence-electron chi connectivity index (χ1n) is 9.05. The molecule has 2 aromatic heterocycles. The number of piperazine rings is 1. The van der Waals surface area contributed by atoms with Gasteiger partial charge in [-0.15, -0.1) is 0 Å². The maximum absolute atomic E-state index is 11.8. The van der Waals surface area contributed by atoms with Gasteiger partial charge in [0.25, 0.3) is 0 Å². The van der Waals surface area contributed by atoms with Crippen LogP contribution in [0.2, 0.25) is 5.02 Å². The van der Waals surface area contributed by atoms with Crippen molar-refractivity contribution < 1.29 is 4.92 Å². The largest absolute Gasteiger partial charge is 0.353 e. The molecule has 10 heteroatoms. The van der Waals surface area contributed by atoms with Crippen molar-refractivity contribution in [3.63, 3.8) is 0 Å². The van der Waals surface area contributed by atoms with E-state index < -0.39 is 4.92 Å². The predicted molar refractivity (Wildman–Crippen MR) is 112 cm³/mol. The number of anilines is 4. The van der Waals surface area contributed by atoms with E-state index >= 15 is 0 Å². The van der Waals surface area contributed by atoms with Crippen LogP contribution in [0.4, 0.5) is 28.8 Å². The summed E-state index contributed by atoms with van der Waals surface area (Å²) in [7, 11) is 0. The van der Waals surface area contributed by atoms with Gasteiger partial charge in [-0.2, -0.15) is 0 Å². The SMILES string of the molecule is O=[N+]([O-])c1c(Nc2cccc(Cl)c2)ncnc1N1CCN(c2ccccn2)CC1. The van der Waals surface area contributed by atoms with Crippen molar-refractivity contribution in [3.8, 4) is 0 Å². The lowest BCUT2D eigenvalue weighted by Crippen LogP contribution is -2.47. The van der Waals surface area contributed by atoms with Gasteiger partial charge in [0.05, 0.1) is 4.92 Å². The summed E-state index contributed by atoms with van der Waals surface area (Å²) in [6, 6.07) is 12.7. The molecule has 1 aliphatic rings. The fraction of sp³-hybridized carbons (Fsp3) is 0.211. The van der Waals surface area contributed by atoms with E-state index in [0.29, 0.717) is 42.7 Å².